The standard InChI is InChI=1S/C12H16N2OS/c1-9-7-13-12(16-9)14-11-5-3-4-10(6-11)8-15-2/h3-6,9H,7-8H2,1-2H3,(H,13,14). The number of anilines is 1. The van der Waals surface area contributed by atoms with Crippen LogP contribution in [0.2, 0.25) is 0 Å². The number of benzene rings is 1. The van der Waals surface area contributed by atoms with E-state index in [1.807, 2.05) is 12.1 Å². The highest BCUT2D eigenvalue weighted by molar-refractivity contribution is 8.15. The topological polar surface area (TPSA) is 33.6 Å². The van der Waals surface area contributed by atoms with Crippen LogP contribution >= 0.6 is 11.8 Å². The van der Waals surface area contributed by atoms with Crippen LogP contribution in [0, 0.1) is 0 Å². The van der Waals surface area contributed by atoms with E-state index in [0.29, 0.717) is 11.9 Å². The summed E-state index contributed by atoms with van der Waals surface area (Å²) in [5.41, 5.74) is 2.25. The van der Waals surface area contributed by atoms with E-state index in [2.05, 4.69) is 29.4 Å². The summed E-state index contributed by atoms with van der Waals surface area (Å²) in [5, 5.41) is 4.93. The Morgan fingerprint density at radius 1 is 1.56 bits per heavy atom. The van der Waals surface area contributed by atoms with Crippen molar-refractivity contribution in [3.63, 3.8) is 0 Å². The van der Waals surface area contributed by atoms with Crippen LogP contribution in [0.1, 0.15) is 12.5 Å². The van der Waals surface area contributed by atoms with Crippen LogP contribution in [-0.4, -0.2) is 24.1 Å². The molecular formula is C12H16N2OS. The van der Waals surface area contributed by atoms with Crippen molar-refractivity contribution < 1.29 is 4.74 Å². The lowest BCUT2D eigenvalue weighted by Crippen LogP contribution is -2.06. The predicted octanol–water partition coefficient (Wildman–Crippen LogP) is 2.74. The molecule has 0 aromatic heterocycles. The molecule has 86 valence electrons. The van der Waals surface area contributed by atoms with E-state index in [1.165, 1.54) is 5.56 Å². The fourth-order valence-electron chi connectivity index (χ4n) is 1.57. The Morgan fingerprint density at radius 2 is 2.44 bits per heavy atom. The molecule has 0 fully saturated rings. The van der Waals surface area contributed by atoms with Crippen LogP contribution in [0.25, 0.3) is 0 Å². The van der Waals surface area contributed by atoms with Gasteiger partial charge in [-0.2, -0.15) is 0 Å². The Labute approximate surface area is 100 Å². The molecule has 1 aliphatic heterocycles. The Hall–Kier alpha value is -1.00. The summed E-state index contributed by atoms with van der Waals surface area (Å²) in [4.78, 5) is 4.42. The van der Waals surface area contributed by atoms with Gasteiger partial charge in [0, 0.05) is 18.0 Å². The number of methoxy groups -OCH3 is 1. The second-order valence-electron chi connectivity index (χ2n) is 3.83. The van der Waals surface area contributed by atoms with E-state index in [-0.39, 0.29) is 0 Å². The summed E-state index contributed by atoms with van der Waals surface area (Å²) in [6.45, 7) is 3.74. The lowest BCUT2D eigenvalue weighted by Gasteiger charge is -2.07. The second-order valence-corrected chi connectivity index (χ2v) is 5.26. The van der Waals surface area contributed by atoms with Crippen molar-refractivity contribution in [3.8, 4) is 0 Å². The van der Waals surface area contributed by atoms with Gasteiger partial charge < -0.3 is 10.1 Å². The molecule has 0 bridgehead atoms. The molecule has 1 unspecified atom stereocenters. The average molecular weight is 236 g/mol. The van der Waals surface area contributed by atoms with E-state index in [1.54, 1.807) is 18.9 Å². The van der Waals surface area contributed by atoms with Crippen molar-refractivity contribution in [2.45, 2.75) is 18.8 Å². The van der Waals surface area contributed by atoms with Crippen molar-refractivity contribution in [2.75, 3.05) is 19.0 Å². The molecule has 16 heavy (non-hydrogen) atoms. The zero-order valence-corrected chi connectivity index (χ0v) is 10.4. The van der Waals surface area contributed by atoms with Crippen molar-refractivity contribution in [1.82, 2.24) is 0 Å². The third kappa shape index (κ3) is 3.00. The number of aliphatic imine (C=N–C) groups is 1. The number of rotatable bonds is 3. The number of hydrogen-bond donors (Lipinski definition) is 1. The molecule has 1 aromatic rings. The third-order valence-corrected chi connectivity index (χ3v) is 3.30. The summed E-state index contributed by atoms with van der Waals surface area (Å²) in [5.74, 6) is 0. The lowest BCUT2D eigenvalue weighted by atomic mass is 10.2. The molecular weight excluding hydrogens is 220 g/mol. The van der Waals surface area contributed by atoms with E-state index in [4.69, 9.17) is 4.74 Å². The Morgan fingerprint density at radius 3 is 3.12 bits per heavy atom. The number of nitrogens with zero attached hydrogens (tertiary/aromatic N) is 1. The molecule has 1 heterocycles. The molecule has 1 aromatic carbocycles. The molecule has 0 spiro atoms. The SMILES string of the molecule is COCc1cccc(NC2=NCC(C)S2)c1. The van der Waals surface area contributed by atoms with Crippen molar-refractivity contribution >= 4 is 22.6 Å². The van der Waals surface area contributed by atoms with Crippen molar-refractivity contribution in [3.05, 3.63) is 29.8 Å². The molecule has 0 radical (unpaired) electrons. The van der Waals surface area contributed by atoms with Gasteiger partial charge in [0.25, 0.3) is 0 Å². The molecule has 1 atom stereocenters. The van der Waals surface area contributed by atoms with Crippen LogP contribution in [-0.2, 0) is 11.3 Å². The number of ether oxygens (including phenoxy) is 1. The van der Waals surface area contributed by atoms with Gasteiger partial charge in [-0.3, -0.25) is 4.99 Å². The second kappa shape index (κ2) is 5.37. The van der Waals surface area contributed by atoms with Crippen LogP contribution in [0.3, 0.4) is 0 Å². The van der Waals surface area contributed by atoms with Gasteiger partial charge in [-0.25, -0.2) is 0 Å². The van der Waals surface area contributed by atoms with Gasteiger partial charge in [0.15, 0.2) is 5.17 Å². The fraction of sp³-hybridized carbons (Fsp3) is 0.417. The number of nitrogens with one attached hydrogen (secondary N) is 1. The number of hydrogen-bond acceptors (Lipinski definition) is 4. The van der Waals surface area contributed by atoms with Gasteiger partial charge >= 0.3 is 0 Å². The molecule has 0 aliphatic carbocycles. The van der Waals surface area contributed by atoms with Crippen LogP contribution in [0.15, 0.2) is 29.3 Å². The molecule has 0 saturated carbocycles. The maximum absolute atomic E-state index is 5.11. The highest BCUT2D eigenvalue weighted by Crippen LogP contribution is 2.22. The largest absolute Gasteiger partial charge is 0.380 e. The van der Waals surface area contributed by atoms with E-state index in [9.17, 15) is 0 Å². The monoisotopic (exact) mass is 236 g/mol. The number of thioether (sulfide) groups is 1. The summed E-state index contributed by atoms with van der Waals surface area (Å²) < 4.78 is 5.11. The molecule has 3 nitrogen and oxygen atoms in total. The van der Waals surface area contributed by atoms with Crippen LogP contribution in [0.4, 0.5) is 5.69 Å². The Balaban J connectivity index is 2.01. The zero-order chi connectivity index (χ0) is 11.4. The van der Waals surface area contributed by atoms with Crippen LogP contribution < -0.4 is 5.32 Å². The van der Waals surface area contributed by atoms with Gasteiger partial charge in [-0.15, -0.1) is 0 Å². The lowest BCUT2D eigenvalue weighted by molar-refractivity contribution is 0.185. The van der Waals surface area contributed by atoms with Gasteiger partial charge in [-0.1, -0.05) is 30.8 Å². The Kier molecular flexibility index (Phi) is 3.85. The highest BCUT2D eigenvalue weighted by atomic mass is 32.2. The van der Waals surface area contributed by atoms with Gasteiger partial charge in [0.2, 0.25) is 0 Å². The molecule has 1 N–H and O–H groups in total. The minimum atomic E-state index is 0.588. The predicted molar refractivity (Wildman–Crippen MR) is 70.1 cm³/mol. The first kappa shape index (κ1) is 11.5. The molecule has 0 saturated heterocycles. The maximum Gasteiger partial charge on any atom is 0.161 e. The summed E-state index contributed by atoms with van der Waals surface area (Å²) in [6.07, 6.45) is 0. The summed E-state index contributed by atoms with van der Waals surface area (Å²) >= 11 is 1.79. The van der Waals surface area contributed by atoms with E-state index < -0.39 is 0 Å². The van der Waals surface area contributed by atoms with Crippen LogP contribution in [0.5, 0.6) is 0 Å². The van der Waals surface area contributed by atoms with Gasteiger partial charge in [-0.05, 0) is 17.7 Å². The van der Waals surface area contributed by atoms with Gasteiger partial charge in [0.1, 0.15) is 0 Å². The van der Waals surface area contributed by atoms with Gasteiger partial charge in [0.05, 0.1) is 13.2 Å². The first-order chi connectivity index (χ1) is 7.78. The smallest absolute Gasteiger partial charge is 0.161 e. The summed E-state index contributed by atoms with van der Waals surface area (Å²) in [7, 11) is 1.71. The third-order valence-electron chi connectivity index (χ3n) is 2.29. The van der Waals surface area contributed by atoms with E-state index in [0.717, 1.165) is 17.4 Å². The molecule has 4 heteroatoms. The summed E-state index contributed by atoms with van der Waals surface area (Å²) in [6, 6.07) is 8.22. The average Bonchev–Trinajstić information content (AvgIpc) is 2.65. The molecule has 1 aliphatic rings. The highest BCUT2D eigenvalue weighted by Gasteiger charge is 2.14. The van der Waals surface area contributed by atoms with Crippen molar-refractivity contribution in [2.24, 2.45) is 4.99 Å². The quantitative estimate of drug-likeness (QED) is 0.876. The normalized spacial score (nSPS) is 19.6. The van der Waals surface area contributed by atoms with E-state index >= 15 is 0 Å². The number of amidine groups is 1. The molecule has 0 amide bonds. The Bertz CT molecular complexity index is 392. The fourth-order valence-corrected chi connectivity index (χ4v) is 2.43. The first-order valence-corrected chi connectivity index (χ1v) is 6.22. The first-order valence-electron chi connectivity index (χ1n) is 5.34. The molecule has 2 rings (SSSR count). The van der Waals surface area contributed by atoms with Crippen molar-refractivity contribution in [1.29, 1.82) is 0 Å². The minimum absolute atomic E-state index is 0.588. The minimum Gasteiger partial charge on any atom is -0.380 e. The maximum atomic E-state index is 5.11. The zero-order valence-electron chi connectivity index (χ0n) is 9.56.